The Kier molecular flexibility index (Phi) is 5.45. The molecule has 0 atom stereocenters. The van der Waals surface area contributed by atoms with Gasteiger partial charge in [-0.05, 0) is 69.2 Å². The molecule has 140 valence electrons. The molecular weight excluding hydrogens is 411 g/mol. The molecule has 1 aliphatic heterocycles. The second-order valence-corrected chi connectivity index (χ2v) is 7.41. The summed E-state index contributed by atoms with van der Waals surface area (Å²) in [7, 11) is 0. The number of nitrogens with zero attached hydrogens (tertiary/aromatic N) is 6. The fourth-order valence-electron chi connectivity index (χ4n) is 3.35. The maximum absolute atomic E-state index is 13.2. The second kappa shape index (κ2) is 8.14. The lowest BCUT2D eigenvalue weighted by Gasteiger charge is -2.23. The summed E-state index contributed by atoms with van der Waals surface area (Å²) in [5.74, 6) is 0.617. The largest absolute Gasteiger partial charge is 0.370 e. The molecule has 1 saturated heterocycles. The van der Waals surface area contributed by atoms with Crippen molar-refractivity contribution in [2.75, 3.05) is 31.1 Å². The Morgan fingerprint density at radius 3 is 2.59 bits per heavy atom. The van der Waals surface area contributed by atoms with Crippen LogP contribution in [0, 0.1) is 5.82 Å². The normalized spacial score (nSPS) is 15.7. The molecule has 0 saturated carbocycles. The molecule has 0 amide bonds. The van der Waals surface area contributed by atoms with E-state index in [2.05, 4.69) is 41.3 Å². The Morgan fingerprint density at radius 1 is 0.963 bits per heavy atom. The van der Waals surface area contributed by atoms with Crippen LogP contribution in [-0.2, 0) is 6.54 Å². The molecule has 3 aromatic rings. The van der Waals surface area contributed by atoms with Crippen molar-refractivity contribution in [3.8, 4) is 5.69 Å². The second-order valence-electron chi connectivity index (χ2n) is 6.55. The molecule has 27 heavy (non-hydrogen) atoms. The molecule has 0 N–H and O–H groups in total. The predicted molar refractivity (Wildman–Crippen MR) is 105 cm³/mol. The molecule has 2 heterocycles. The van der Waals surface area contributed by atoms with E-state index in [1.165, 1.54) is 12.1 Å². The highest BCUT2D eigenvalue weighted by atomic mass is 79.9. The summed E-state index contributed by atoms with van der Waals surface area (Å²) >= 11 is 3.57. The fourth-order valence-corrected chi connectivity index (χ4v) is 3.81. The van der Waals surface area contributed by atoms with E-state index in [9.17, 15) is 4.39 Å². The van der Waals surface area contributed by atoms with Crippen molar-refractivity contribution in [3.05, 3.63) is 64.6 Å². The number of halogens is 2. The average molecular weight is 431 g/mol. The molecule has 0 unspecified atom stereocenters. The van der Waals surface area contributed by atoms with Crippen molar-refractivity contribution in [2.24, 2.45) is 0 Å². The number of hydrogen-bond acceptors (Lipinski definition) is 5. The highest BCUT2D eigenvalue weighted by Crippen LogP contribution is 2.21. The summed E-state index contributed by atoms with van der Waals surface area (Å²) in [4.78, 5) is 4.67. The number of tetrazole rings is 1. The van der Waals surface area contributed by atoms with Crippen LogP contribution in [0.25, 0.3) is 5.69 Å². The zero-order valence-corrected chi connectivity index (χ0v) is 16.4. The van der Waals surface area contributed by atoms with Crippen LogP contribution in [-0.4, -0.2) is 51.3 Å². The summed E-state index contributed by atoms with van der Waals surface area (Å²) in [6.45, 7) is 4.41. The first-order valence-electron chi connectivity index (χ1n) is 8.96. The molecule has 1 aromatic heterocycles. The molecule has 0 aliphatic carbocycles. The standard InChI is InChI=1S/C19H20BrFN6/c20-17-4-1-2-5-18(17)27-19(22-23-24-27)14-25-10-3-11-26(13-12-25)16-8-6-15(21)7-9-16/h1-2,4-9H,3,10-14H2. The number of benzene rings is 2. The minimum Gasteiger partial charge on any atom is -0.370 e. The quantitative estimate of drug-likeness (QED) is 0.635. The van der Waals surface area contributed by atoms with E-state index in [0.717, 1.165) is 54.3 Å². The van der Waals surface area contributed by atoms with Gasteiger partial charge in [-0.3, -0.25) is 4.90 Å². The number of para-hydroxylation sites is 1. The van der Waals surface area contributed by atoms with E-state index in [1.807, 2.05) is 36.4 Å². The maximum atomic E-state index is 13.2. The predicted octanol–water partition coefficient (Wildman–Crippen LogP) is 3.28. The van der Waals surface area contributed by atoms with Gasteiger partial charge in [0.2, 0.25) is 0 Å². The van der Waals surface area contributed by atoms with E-state index in [1.54, 1.807) is 4.68 Å². The van der Waals surface area contributed by atoms with Crippen molar-refractivity contribution >= 4 is 21.6 Å². The van der Waals surface area contributed by atoms with Crippen LogP contribution in [0.1, 0.15) is 12.2 Å². The zero-order chi connectivity index (χ0) is 18.6. The molecule has 2 aromatic carbocycles. The van der Waals surface area contributed by atoms with Crippen molar-refractivity contribution in [1.29, 1.82) is 0 Å². The molecule has 0 spiro atoms. The van der Waals surface area contributed by atoms with Crippen molar-refractivity contribution < 1.29 is 4.39 Å². The fraction of sp³-hybridized carbons (Fsp3) is 0.316. The molecule has 8 heteroatoms. The van der Waals surface area contributed by atoms with Gasteiger partial charge in [-0.2, -0.15) is 4.68 Å². The van der Waals surface area contributed by atoms with Crippen LogP contribution < -0.4 is 4.90 Å². The van der Waals surface area contributed by atoms with Gasteiger partial charge in [-0.25, -0.2) is 4.39 Å². The smallest absolute Gasteiger partial charge is 0.170 e. The van der Waals surface area contributed by atoms with Crippen molar-refractivity contribution in [2.45, 2.75) is 13.0 Å². The Bertz CT molecular complexity index is 897. The van der Waals surface area contributed by atoms with E-state index in [4.69, 9.17) is 0 Å². The first-order chi connectivity index (χ1) is 13.2. The zero-order valence-electron chi connectivity index (χ0n) is 14.8. The van der Waals surface area contributed by atoms with Gasteiger partial charge in [-0.15, -0.1) is 5.10 Å². The van der Waals surface area contributed by atoms with Gasteiger partial charge in [-0.1, -0.05) is 12.1 Å². The van der Waals surface area contributed by atoms with Gasteiger partial charge in [0.15, 0.2) is 5.82 Å². The molecular formula is C19H20BrFN6. The lowest BCUT2D eigenvalue weighted by molar-refractivity contribution is 0.276. The van der Waals surface area contributed by atoms with Gasteiger partial charge >= 0.3 is 0 Å². The van der Waals surface area contributed by atoms with E-state index in [-0.39, 0.29) is 5.82 Å². The molecule has 6 nitrogen and oxygen atoms in total. The van der Waals surface area contributed by atoms with Crippen LogP contribution in [0.2, 0.25) is 0 Å². The monoisotopic (exact) mass is 430 g/mol. The Balaban J connectivity index is 1.45. The summed E-state index contributed by atoms with van der Waals surface area (Å²) in [6, 6.07) is 14.6. The van der Waals surface area contributed by atoms with Gasteiger partial charge < -0.3 is 4.90 Å². The van der Waals surface area contributed by atoms with Gasteiger partial charge in [0.25, 0.3) is 0 Å². The van der Waals surface area contributed by atoms with E-state index in [0.29, 0.717) is 6.54 Å². The lowest BCUT2D eigenvalue weighted by atomic mass is 10.2. The number of hydrogen-bond donors (Lipinski definition) is 0. The minimum absolute atomic E-state index is 0.200. The first-order valence-corrected chi connectivity index (χ1v) is 9.75. The van der Waals surface area contributed by atoms with Gasteiger partial charge in [0.05, 0.1) is 12.2 Å². The summed E-state index contributed by atoms with van der Waals surface area (Å²) in [6.07, 6.45) is 1.04. The molecule has 4 rings (SSSR count). The van der Waals surface area contributed by atoms with Crippen LogP contribution in [0.15, 0.2) is 53.0 Å². The maximum Gasteiger partial charge on any atom is 0.170 e. The molecule has 1 fully saturated rings. The Labute approximate surface area is 165 Å². The SMILES string of the molecule is Fc1ccc(N2CCCN(Cc3nnnn3-c3ccccc3Br)CC2)cc1. The minimum atomic E-state index is -0.200. The molecule has 0 bridgehead atoms. The highest BCUT2D eigenvalue weighted by molar-refractivity contribution is 9.10. The van der Waals surface area contributed by atoms with Crippen molar-refractivity contribution in [1.82, 2.24) is 25.1 Å². The molecule has 1 aliphatic rings. The van der Waals surface area contributed by atoms with Crippen LogP contribution in [0.4, 0.5) is 10.1 Å². The van der Waals surface area contributed by atoms with Crippen LogP contribution in [0.5, 0.6) is 0 Å². The number of anilines is 1. The van der Waals surface area contributed by atoms with Gasteiger partial charge in [0.1, 0.15) is 5.82 Å². The Hall–Kier alpha value is -2.32. The third-order valence-electron chi connectivity index (χ3n) is 4.76. The third-order valence-corrected chi connectivity index (χ3v) is 5.43. The average Bonchev–Trinajstić information content (AvgIpc) is 3.00. The van der Waals surface area contributed by atoms with E-state index < -0.39 is 0 Å². The first kappa shape index (κ1) is 18.1. The number of rotatable bonds is 4. The number of aromatic nitrogens is 4. The topological polar surface area (TPSA) is 50.1 Å². The summed E-state index contributed by atoms with van der Waals surface area (Å²) < 4.78 is 15.9. The summed E-state index contributed by atoms with van der Waals surface area (Å²) in [5, 5.41) is 12.3. The molecule has 0 radical (unpaired) electrons. The lowest BCUT2D eigenvalue weighted by Crippen LogP contribution is -2.31. The summed E-state index contributed by atoms with van der Waals surface area (Å²) in [5.41, 5.74) is 2.00. The van der Waals surface area contributed by atoms with E-state index >= 15 is 0 Å². The third kappa shape index (κ3) is 4.17. The Morgan fingerprint density at radius 2 is 1.78 bits per heavy atom. The highest BCUT2D eigenvalue weighted by Gasteiger charge is 2.19. The van der Waals surface area contributed by atoms with Crippen LogP contribution >= 0.6 is 15.9 Å². The van der Waals surface area contributed by atoms with Gasteiger partial charge in [0, 0.05) is 36.3 Å². The van der Waals surface area contributed by atoms with Crippen LogP contribution in [0.3, 0.4) is 0 Å². The van der Waals surface area contributed by atoms with Crippen molar-refractivity contribution in [3.63, 3.8) is 0 Å².